The van der Waals surface area contributed by atoms with Gasteiger partial charge in [-0.3, -0.25) is 9.48 Å². The Kier molecular flexibility index (Phi) is 3.81. The van der Waals surface area contributed by atoms with Crippen LogP contribution in [0.2, 0.25) is 0 Å². The molecular weight excluding hydrogens is 298 g/mol. The van der Waals surface area contributed by atoms with E-state index in [0.717, 1.165) is 23.6 Å². The molecule has 0 radical (unpaired) electrons. The molecule has 1 aliphatic rings. The summed E-state index contributed by atoms with van der Waals surface area (Å²) in [6.45, 7) is 0.903. The van der Waals surface area contributed by atoms with Crippen LogP contribution in [0.5, 0.6) is 0 Å². The van der Waals surface area contributed by atoms with Crippen LogP contribution >= 0.6 is 0 Å². The fraction of sp³-hybridized carbons (Fsp3) is 0.300. The van der Waals surface area contributed by atoms with E-state index in [1.165, 1.54) is 18.4 Å². The van der Waals surface area contributed by atoms with E-state index in [1.54, 1.807) is 17.7 Å². The molecule has 4 nitrogen and oxygen atoms in total. The number of pyridine rings is 1. The number of nitrogens with zero attached hydrogens (tertiary/aromatic N) is 3. The number of hydrogen-bond acceptors (Lipinski definition) is 2. The van der Waals surface area contributed by atoms with E-state index in [1.807, 2.05) is 23.1 Å². The van der Waals surface area contributed by atoms with E-state index in [4.69, 9.17) is 0 Å². The van der Waals surface area contributed by atoms with Gasteiger partial charge in [-0.25, -0.2) is 0 Å². The Morgan fingerprint density at radius 2 is 1.88 bits per heavy atom. The highest BCUT2D eigenvalue weighted by atomic mass is 16.1. The van der Waals surface area contributed by atoms with E-state index >= 15 is 0 Å². The summed E-state index contributed by atoms with van der Waals surface area (Å²) in [7, 11) is 1.77. The molecule has 0 bridgehead atoms. The lowest BCUT2D eigenvalue weighted by molar-refractivity contribution is 0.474. The van der Waals surface area contributed by atoms with Crippen LogP contribution < -0.4 is 5.56 Å². The Morgan fingerprint density at radius 3 is 2.58 bits per heavy atom. The predicted octanol–water partition coefficient (Wildman–Crippen LogP) is 3.44. The zero-order chi connectivity index (χ0) is 16.5. The summed E-state index contributed by atoms with van der Waals surface area (Å²) in [4.78, 5) is 11.5. The zero-order valence-electron chi connectivity index (χ0n) is 13.8. The van der Waals surface area contributed by atoms with Gasteiger partial charge in [0.25, 0.3) is 0 Å². The lowest BCUT2D eigenvalue weighted by atomic mass is 9.94. The highest BCUT2D eigenvalue weighted by Gasteiger charge is 2.32. The minimum Gasteiger partial charge on any atom is -0.318 e. The van der Waals surface area contributed by atoms with Gasteiger partial charge in [-0.2, -0.15) is 5.10 Å². The molecular formula is C20H21N3O. The fourth-order valence-electron chi connectivity index (χ4n) is 3.30. The first-order valence-corrected chi connectivity index (χ1v) is 8.45. The summed E-state index contributed by atoms with van der Waals surface area (Å²) in [5.74, 6) is 1.30. The molecule has 3 aromatic rings. The average molecular weight is 319 g/mol. The van der Waals surface area contributed by atoms with Crippen molar-refractivity contribution in [2.75, 3.05) is 0 Å². The van der Waals surface area contributed by atoms with Crippen molar-refractivity contribution in [1.82, 2.24) is 14.3 Å². The van der Waals surface area contributed by atoms with Gasteiger partial charge < -0.3 is 4.57 Å². The lowest BCUT2D eigenvalue weighted by Gasteiger charge is -2.16. The first-order valence-electron chi connectivity index (χ1n) is 8.45. The van der Waals surface area contributed by atoms with E-state index in [-0.39, 0.29) is 5.56 Å². The third kappa shape index (κ3) is 3.04. The molecule has 1 atom stereocenters. The predicted molar refractivity (Wildman–Crippen MR) is 94.8 cm³/mol. The van der Waals surface area contributed by atoms with Crippen LogP contribution in [0.15, 0.2) is 65.8 Å². The molecule has 1 aliphatic carbocycles. The van der Waals surface area contributed by atoms with Crippen molar-refractivity contribution in [3.8, 4) is 11.1 Å². The molecule has 2 heterocycles. The largest absolute Gasteiger partial charge is 0.318 e. The topological polar surface area (TPSA) is 39.8 Å². The smallest absolute Gasteiger partial charge is 0.250 e. The molecule has 0 spiro atoms. The molecule has 4 rings (SSSR count). The van der Waals surface area contributed by atoms with Crippen LogP contribution in [0.4, 0.5) is 0 Å². The van der Waals surface area contributed by atoms with Crippen molar-refractivity contribution in [1.29, 1.82) is 0 Å². The fourth-order valence-corrected chi connectivity index (χ4v) is 3.30. The van der Waals surface area contributed by atoms with E-state index in [2.05, 4.69) is 41.6 Å². The minimum absolute atomic E-state index is 0.00372. The molecule has 0 aliphatic heterocycles. The van der Waals surface area contributed by atoms with Gasteiger partial charge in [0.15, 0.2) is 0 Å². The first kappa shape index (κ1) is 14.9. The first-order chi connectivity index (χ1) is 11.7. The summed E-state index contributed by atoms with van der Waals surface area (Å²) >= 11 is 0. The van der Waals surface area contributed by atoms with Gasteiger partial charge in [-0.15, -0.1) is 0 Å². The van der Waals surface area contributed by atoms with E-state index in [0.29, 0.717) is 5.92 Å². The maximum atomic E-state index is 11.5. The van der Waals surface area contributed by atoms with Gasteiger partial charge in [0.1, 0.15) is 0 Å². The Balaban J connectivity index is 1.58. The molecule has 1 fully saturated rings. The van der Waals surface area contributed by atoms with Crippen molar-refractivity contribution in [2.24, 2.45) is 13.0 Å². The summed E-state index contributed by atoms with van der Waals surface area (Å²) in [6, 6.07) is 14.2. The summed E-state index contributed by atoms with van der Waals surface area (Å²) < 4.78 is 3.64. The number of aromatic nitrogens is 3. The maximum absolute atomic E-state index is 11.5. The zero-order valence-corrected chi connectivity index (χ0v) is 13.8. The Labute approximate surface area is 141 Å². The molecule has 2 aromatic heterocycles. The quantitative estimate of drug-likeness (QED) is 0.723. The second kappa shape index (κ2) is 6.11. The second-order valence-corrected chi connectivity index (χ2v) is 6.67. The standard InChI is InChI=1S/C20H21N3O/c1-22-12-17(9-10-20(22)24)18-11-21-23(13-18)14-19(16-7-8-16)15-5-3-2-4-6-15/h2-6,9-13,16,19H,7-8,14H2,1H3. The third-order valence-corrected chi connectivity index (χ3v) is 4.85. The molecule has 0 saturated heterocycles. The average Bonchev–Trinajstić information content (AvgIpc) is 3.34. The van der Waals surface area contributed by atoms with Gasteiger partial charge in [0, 0.05) is 49.1 Å². The molecule has 24 heavy (non-hydrogen) atoms. The van der Waals surface area contributed by atoms with Crippen LogP contribution in [0.1, 0.15) is 24.3 Å². The summed E-state index contributed by atoms with van der Waals surface area (Å²) in [6.07, 6.45) is 8.45. The lowest BCUT2D eigenvalue weighted by Crippen LogP contribution is -2.13. The maximum Gasteiger partial charge on any atom is 0.250 e. The van der Waals surface area contributed by atoms with Gasteiger partial charge in [0.2, 0.25) is 5.56 Å². The van der Waals surface area contributed by atoms with Crippen molar-refractivity contribution in [3.05, 3.63) is 77.0 Å². The molecule has 1 aromatic carbocycles. The van der Waals surface area contributed by atoms with Gasteiger partial charge in [-0.05, 0) is 30.4 Å². The minimum atomic E-state index is 0.00372. The Hall–Kier alpha value is -2.62. The number of hydrogen-bond donors (Lipinski definition) is 0. The molecule has 1 saturated carbocycles. The van der Waals surface area contributed by atoms with Crippen LogP contribution in [-0.2, 0) is 13.6 Å². The number of aryl methyl sites for hydroxylation is 1. The number of benzene rings is 1. The van der Waals surface area contributed by atoms with E-state index < -0.39 is 0 Å². The molecule has 1 unspecified atom stereocenters. The molecule has 0 amide bonds. The van der Waals surface area contributed by atoms with Gasteiger partial charge >= 0.3 is 0 Å². The van der Waals surface area contributed by atoms with Crippen molar-refractivity contribution < 1.29 is 0 Å². The second-order valence-electron chi connectivity index (χ2n) is 6.67. The van der Waals surface area contributed by atoms with Crippen LogP contribution in [0, 0.1) is 5.92 Å². The van der Waals surface area contributed by atoms with Crippen molar-refractivity contribution >= 4 is 0 Å². The van der Waals surface area contributed by atoms with Crippen LogP contribution in [-0.4, -0.2) is 14.3 Å². The van der Waals surface area contributed by atoms with Gasteiger partial charge in [0.05, 0.1) is 6.20 Å². The third-order valence-electron chi connectivity index (χ3n) is 4.85. The number of rotatable bonds is 5. The summed E-state index contributed by atoms with van der Waals surface area (Å²) in [5.41, 5.74) is 3.47. The van der Waals surface area contributed by atoms with Crippen LogP contribution in [0.3, 0.4) is 0 Å². The van der Waals surface area contributed by atoms with Crippen molar-refractivity contribution in [2.45, 2.75) is 25.3 Å². The SMILES string of the molecule is Cn1cc(-c2cnn(CC(c3ccccc3)C3CC3)c2)ccc1=O. The normalized spacial score (nSPS) is 15.4. The molecule has 4 heteroatoms. The van der Waals surface area contributed by atoms with Gasteiger partial charge in [-0.1, -0.05) is 30.3 Å². The summed E-state index contributed by atoms with van der Waals surface area (Å²) in [5, 5.41) is 4.55. The highest BCUT2D eigenvalue weighted by Crippen LogP contribution is 2.43. The van der Waals surface area contributed by atoms with E-state index in [9.17, 15) is 4.79 Å². The molecule has 122 valence electrons. The molecule has 0 N–H and O–H groups in total. The van der Waals surface area contributed by atoms with Crippen molar-refractivity contribution in [3.63, 3.8) is 0 Å². The Morgan fingerprint density at radius 1 is 1.08 bits per heavy atom. The highest BCUT2D eigenvalue weighted by molar-refractivity contribution is 5.60. The van der Waals surface area contributed by atoms with Crippen LogP contribution in [0.25, 0.3) is 11.1 Å². The Bertz CT molecular complexity index is 891. The monoisotopic (exact) mass is 319 g/mol.